The topological polar surface area (TPSA) is 56.0 Å². The summed E-state index contributed by atoms with van der Waals surface area (Å²) in [5.74, 6) is -0.0199. The standard InChI is InChI=1S/C17H14N2O/c1-11-5-6-12(9-16(11)18)17(20)15-4-2-3-13-10-19-8-7-14(13)15/h2-10H,18H2,1H3. The highest BCUT2D eigenvalue weighted by Crippen LogP contribution is 2.22. The van der Waals surface area contributed by atoms with Crippen LogP contribution in [-0.2, 0) is 0 Å². The fourth-order valence-corrected chi connectivity index (χ4v) is 2.26. The first-order valence-corrected chi connectivity index (χ1v) is 6.40. The first-order valence-electron chi connectivity index (χ1n) is 6.40. The summed E-state index contributed by atoms with van der Waals surface area (Å²) in [6, 6.07) is 12.9. The lowest BCUT2D eigenvalue weighted by Crippen LogP contribution is -2.03. The van der Waals surface area contributed by atoms with Gasteiger partial charge in [0.25, 0.3) is 0 Å². The van der Waals surface area contributed by atoms with Gasteiger partial charge < -0.3 is 5.73 Å². The average molecular weight is 262 g/mol. The number of carbonyl (C=O) groups excluding carboxylic acids is 1. The van der Waals surface area contributed by atoms with Crippen molar-refractivity contribution >= 4 is 22.2 Å². The molecule has 3 nitrogen and oxygen atoms in total. The fourth-order valence-electron chi connectivity index (χ4n) is 2.26. The van der Waals surface area contributed by atoms with Gasteiger partial charge in [0.15, 0.2) is 5.78 Å². The summed E-state index contributed by atoms with van der Waals surface area (Å²) in [6.07, 6.45) is 3.46. The second-order valence-electron chi connectivity index (χ2n) is 4.80. The van der Waals surface area contributed by atoms with Crippen molar-refractivity contribution in [1.82, 2.24) is 4.98 Å². The van der Waals surface area contributed by atoms with Gasteiger partial charge in [-0.2, -0.15) is 0 Å². The maximum atomic E-state index is 12.6. The molecular formula is C17H14N2O. The summed E-state index contributed by atoms with van der Waals surface area (Å²) in [5, 5.41) is 1.87. The van der Waals surface area contributed by atoms with Gasteiger partial charge in [-0.05, 0) is 30.0 Å². The number of hydrogen-bond donors (Lipinski definition) is 1. The van der Waals surface area contributed by atoms with E-state index in [-0.39, 0.29) is 5.78 Å². The van der Waals surface area contributed by atoms with Crippen molar-refractivity contribution in [1.29, 1.82) is 0 Å². The van der Waals surface area contributed by atoms with Gasteiger partial charge in [-0.15, -0.1) is 0 Å². The van der Waals surface area contributed by atoms with Gasteiger partial charge in [0.2, 0.25) is 0 Å². The molecule has 0 aliphatic rings. The molecule has 0 fully saturated rings. The van der Waals surface area contributed by atoms with Gasteiger partial charge in [-0.1, -0.05) is 30.3 Å². The van der Waals surface area contributed by atoms with Crippen molar-refractivity contribution in [3.8, 4) is 0 Å². The molecule has 0 unspecified atom stereocenters. The minimum atomic E-state index is -0.0199. The first-order chi connectivity index (χ1) is 9.66. The van der Waals surface area contributed by atoms with Gasteiger partial charge in [-0.3, -0.25) is 9.78 Å². The minimum Gasteiger partial charge on any atom is -0.398 e. The number of nitrogens with two attached hydrogens (primary N) is 1. The van der Waals surface area contributed by atoms with E-state index in [0.29, 0.717) is 16.8 Å². The lowest BCUT2D eigenvalue weighted by atomic mass is 9.97. The Kier molecular flexibility index (Phi) is 2.95. The summed E-state index contributed by atoms with van der Waals surface area (Å²) in [5.41, 5.74) is 8.78. The number of nitrogens with zero attached hydrogens (tertiary/aromatic N) is 1. The largest absolute Gasteiger partial charge is 0.398 e. The highest BCUT2D eigenvalue weighted by molar-refractivity contribution is 6.16. The SMILES string of the molecule is Cc1ccc(C(=O)c2cccc3cnccc23)cc1N. The predicted molar refractivity (Wildman–Crippen MR) is 80.8 cm³/mol. The average Bonchev–Trinajstić information content (AvgIpc) is 2.49. The zero-order valence-electron chi connectivity index (χ0n) is 11.1. The molecule has 0 aliphatic carbocycles. The quantitative estimate of drug-likeness (QED) is 0.569. The maximum absolute atomic E-state index is 12.6. The van der Waals surface area contributed by atoms with Gasteiger partial charge in [0, 0.05) is 34.6 Å². The van der Waals surface area contributed by atoms with Crippen LogP contribution in [0.15, 0.2) is 54.9 Å². The molecule has 1 heterocycles. The number of aryl methyl sites for hydroxylation is 1. The fraction of sp³-hybridized carbons (Fsp3) is 0.0588. The highest BCUT2D eigenvalue weighted by Gasteiger charge is 2.13. The van der Waals surface area contributed by atoms with Gasteiger partial charge in [0.1, 0.15) is 0 Å². The molecule has 0 saturated carbocycles. The van der Waals surface area contributed by atoms with Crippen molar-refractivity contribution in [2.45, 2.75) is 6.92 Å². The molecule has 1 aromatic heterocycles. The zero-order valence-corrected chi connectivity index (χ0v) is 11.1. The van der Waals surface area contributed by atoms with E-state index in [9.17, 15) is 4.79 Å². The number of benzene rings is 2. The highest BCUT2D eigenvalue weighted by atomic mass is 16.1. The molecule has 20 heavy (non-hydrogen) atoms. The van der Waals surface area contributed by atoms with Crippen molar-refractivity contribution in [2.75, 3.05) is 5.73 Å². The van der Waals surface area contributed by atoms with E-state index in [1.165, 1.54) is 0 Å². The number of hydrogen-bond acceptors (Lipinski definition) is 3. The molecule has 0 bridgehead atoms. The molecule has 98 valence electrons. The Morgan fingerprint density at radius 1 is 1.15 bits per heavy atom. The number of anilines is 1. The molecule has 0 spiro atoms. The van der Waals surface area contributed by atoms with E-state index < -0.39 is 0 Å². The number of fused-ring (bicyclic) bond motifs is 1. The molecule has 0 radical (unpaired) electrons. The second kappa shape index (κ2) is 4.78. The molecule has 0 saturated heterocycles. The molecule has 3 heteroatoms. The molecule has 3 rings (SSSR count). The Morgan fingerprint density at radius 2 is 2.00 bits per heavy atom. The predicted octanol–water partition coefficient (Wildman–Crippen LogP) is 3.36. The molecular weight excluding hydrogens is 248 g/mol. The van der Waals surface area contributed by atoms with Crippen LogP contribution in [0.3, 0.4) is 0 Å². The van der Waals surface area contributed by atoms with Crippen LogP contribution in [0, 0.1) is 6.92 Å². The third-order valence-corrected chi connectivity index (χ3v) is 3.47. The zero-order chi connectivity index (χ0) is 14.1. The Balaban J connectivity index is 2.15. The summed E-state index contributed by atoms with van der Waals surface area (Å²) in [7, 11) is 0. The summed E-state index contributed by atoms with van der Waals surface area (Å²) >= 11 is 0. The van der Waals surface area contributed by atoms with E-state index in [1.807, 2.05) is 43.3 Å². The first kappa shape index (κ1) is 12.4. The van der Waals surface area contributed by atoms with E-state index in [1.54, 1.807) is 18.5 Å². The van der Waals surface area contributed by atoms with Crippen LogP contribution in [0.25, 0.3) is 10.8 Å². The van der Waals surface area contributed by atoms with Gasteiger partial charge in [-0.25, -0.2) is 0 Å². The molecule has 3 aromatic rings. The van der Waals surface area contributed by atoms with Gasteiger partial charge >= 0.3 is 0 Å². The Bertz CT molecular complexity index is 804. The third kappa shape index (κ3) is 2.03. The van der Waals surface area contributed by atoms with E-state index in [0.717, 1.165) is 16.3 Å². The van der Waals surface area contributed by atoms with Crippen LogP contribution in [0.2, 0.25) is 0 Å². The number of nitrogen functional groups attached to an aromatic ring is 1. The van der Waals surface area contributed by atoms with Crippen molar-refractivity contribution in [2.24, 2.45) is 0 Å². The number of carbonyl (C=O) groups is 1. The number of pyridine rings is 1. The summed E-state index contributed by atoms with van der Waals surface area (Å²) in [6.45, 7) is 1.92. The maximum Gasteiger partial charge on any atom is 0.193 e. The van der Waals surface area contributed by atoms with E-state index in [4.69, 9.17) is 5.73 Å². The summed E-state index contributed by atoms with van der Waals surface area (Å²) in [4.78, 5) is 16.7. The molecule has 2 N–H and O–H groups in total. The van der Waals surface area contributed by atoms with Crippen molar-refractivity contribution in [3.63, 3.8) is 0 Å². The smallest absolute Gasteiger partial charge is 0.193 e. The minimum absolute atomic E-state index is 0.0199. The van der Waals surface area contributed by atoms with E-state index >= 15 is 0 Å². The van der Waals surface area contributed by atoms with Crippen LogP contribution in [0.5, 0.6) is 0 Å². The van der Waals surface area contributed by atoms with Crippen LogP contribution in [0.1, 0.15) is 21.5 Å². The van der Waals surface area contributed by atoms with Crippen LogP contribution in [-0.4, -0.2) is 10.8 Å². The molecule has 0 aliphatic heterocycles. The van der Waals surface area contributed by atoms with E-state index in [2.05, 4.69) is 4.98 Å². The lowest BCUT2D eigenvalue weighted by molar-refractivity contribution is 0.104. The third-order valence-electron chi connectivity index (χ3n) is 3.47. The Hall–Kier alpha value is -2.68. The molecule has 0 atom stereocenters. The molecule has 0 amide bonds. The second-order valence-corrected chi connectivity index (χ2v) is 4.80. The monoisotopic (exact) mass is 262 g/mol. The van der Waals surface area contributed by atoms with Crippen LogP contribution in [0.4, 0.5) is 5.69 Å². The van der Waals surface area contributed by atoms with Crippen LogP contribution < -0.4 is 5.73 Å². The number of rotatable bonds is 2. The normalized spacial score (nSPS) is 10.7. The lowest BCUT2D eigenvalue weighted by Gasteiger charge is -2.07. The number of ketones is 1. The van der Waals surface area contributed by atoms with Crippen molar-refractivity contribution < 1.29 is 4.79 Å². The van der Waals surface area contributed by atoms with Crippen LogP contribution >= 0.6 is 0 Å². The van der Waals surface area contributed by atoms with Crippen molar-refractivity contribution in [3.05, 3.63) is 71.5 Å². The Labute approximate surface area is 117 Å². The summed E-state index contributed by atoms with van der Waals surface area (Å²) < 4.78 is 0. The molecule has 2 aromatic carbocycles. The Morgan fingerprint density at radius 3 is 2.80 bits per heavy atom. The number of aromatic nitrogens is 1. The van der Waals surface area contributed by atoms with Gasteiger partial charge in [0.05, 0.1) is 0 Å².